The van der Waals surface area contributed by atoms with Crippen molar-refractivity contribution in [3.8, 4) is 5.75 Å². The van der Waals surface area contributed by atoms with E-state index in [0.717, 1.165) is 6.07 Å². The molecule has 1 aromatic rings. The van der Waals surface area contributed by atoms with Gasteiger partial charge in [0.1, 0.15) is 5.75 Å². The highest BCUT2D eigenvalue weighted by molar-refractivity contribution is 6.03. The standard InChI is InChI=1S/C10H10O5.C4H9N/c1-14-9(12)7-4-3-6(11)5-8(7)10(13)15-2;5-4-2-1-3-4/h3-5,11H,1-2H3;4H,1-3,5H2. The molecule has 1 aliphatic carbocycles. The van der Waals surface area contributed by atoms with E-state index in [-0.39, 0.29) is 16.9 Å². The first-order valence-corrected chi connectivity index (χ1v) is 6.24. The number of benzene rings is 1. The van der Waals surface area contributed by atoms with E-state index in [1.165, 1.54) is 45.6 Å². The van der Waals surface area contributed by atoms with Crippen molar-refractivity contribution < 1.29 is 24.2 Å². The number of carbonyl (C=O) groups excluding carboxylic acids is 2. The number of phenolic OH excluding ortho intramolecular Hbond substituents is 1. The zero-order chi connectivity index (χ0) is 15.1. The van der Waals surface area contributed by atoms with E-state index in [2.05, 4.69) is 9.47 Å². The molecule has 0 spiro atoms. The monoisotopic (exact) mass is 281 g/mol. The Morgan fingerprint density at radius 2 is 1.65 bits per heavy atom. The summed E-state index contributed by atoms with van der Waals surface area (Å²) in [4.78, 5) is 22.5. The van der Waals surface area contributed by atoms with Crippen LogP contribution in [0.4, 0.5) is 0 Å². The lowest BCUT2D eigenvalue weighted by Crippen LogP contribution is -2.27. The lowest BCUT2D eigenvalue weighted by molar-refractivity contribution is 0.0555. The van der Waals surface area contributed by atoms with Gasteiger partial charge >= 0.3 is 11.9 Å². The molecule has 1 fully saturated rings. The third-order valence-electron chi connectivity index (χ3n) is 2.96. The molecule has 0 bridgehead atoms. The van der Waals surface area contributed by atoms with E-state index in [1.54, 1.807) is 0 Å². The number of methoxy groups -OCH3 is 2. The molecule has 6 heteroatoms. The van der Waals surface area contributed by atoms with Gasteiger partial charge in [0.25, 0.3) is 0 Å². The van der Waals surface area contributed by atoms with Gasteiger partial charge in [-0.15, -0.1) is 0 Å². The summed E-state index contributed by atoms with van der Waals surface area (Å²) in [5.41, 5.74) is 5.41. The first-order chi connectivity index (χ1) is 9.49. The fraction of sp³-hybridized carbons (Fsp3) is 0.429. The molecular formula is C14H19NO5. The van der Waals surface area contributed by atoms with Gasteiger partial charge in [-0.1, -0.05) is 6.42 Å². The number of esters is 2. The van der Waals surface area contributed by atoms with Crippen LogP contribution in [0.25, 0.3) is 0 Å². The SMILES string of the molecule is COC(=O)c1ccc(O)cc1C(=O)OC.NC1CCC1. The average molecular weight is 281 g/mol. The second kappa shape index (κ2) is 7.49. The summed E-state index contributed by atoms with van der Waals surface area (Å²) in [5.74, 6) is -1.48. The molecule has 0 heterocycles. The fourth-order valence-electron chi connectivity index (χ4n) is 1.54. The molecule has 0 amide bonds. The smallest absolute Gasteiger partial charge is 0.338 e. The third kappa shape index (κ3) is 4.24. The van der Waals surface area contributed by atoms with Gasteiger partial charge in [-0.05, 0) is 31.0 Å². The van der Waals surface area contributed by atoms with Crippen molar-refractivity contribution in [2.24, 2.45) is 5.73 Å². The van der Waals surface area contributed by atoms with Crippen LogP contribution in [0.1, 0.15) is 40.0 Å². The minimum Gasteiger partial charge on any atom is -0.508 e. The summed E-state index contributed by atoms with van der Waals surface area (Å²) in [7, 11) is 2.39. The van der Waals surface area contributed by atoms with E-state index in [1.807, 2.05) is 0 Å². The maximum absolute atomic E-state index is 11.3. The molecule has 0 aromatic heterocycles. The first kappa shape index (κ1) is 16.0. The molecule has 1 aromatic carbocycles. The second-order valence-electron chi connectivity index (χ2n) is 4.40. The minimum absolute atomic E-state index is 0.0237. The van der Waals surface area contributed by atoms with Gasteiger partial charge in [-0.25, -0.2) is 9.59 Å². The Balaban J connectivity index is 0.000000333. The van der Waals surface area contributed by atoms with Crippen molar-refractivity contribution in [1.29, 1.82) is 0 Å². The normalized spacial score (nSPS) is 13.6. The van der Waals surface area contributed by atoms with Crippen molar-refractivity contribution in [3.05, 3.63) is 29.3 Å². The topological polar surface area (TPSA) is 98.8 Å². The van der Waals surface area contributed by atoms with E-state index in [4.69, 9.17) is 5.73 Å². The Morgan fingerprint density at radius 3 is 2.05 bits per heavy atom. The van der Waals surface area contributed by atoms with E-state index in [0.29, 0.717) is 6.04 Å². The summed E-state index contributed by atoms with van der Waals surface area (Å²) in [5, 5.41) is 9.18. The molecule has 6 nitrogen and oxygen atoms in total. The van der Waals surface area contributed by atoms with Gasteiger partial charge in [0.05, 0.1) is 25.3 Å². The molecule has 110 valence electrons. The highest BCUT2D eigenvalue weighted by atomic mass is 16.5. The molecule has 1 aliphatic rings. The lowest BCUT2D eigenvalue weighted by Gasteiger charge is -2.18. The fourth-order valence-corrected chi connectivity index (χ4v) is 1.54. The molecule has 2 rings (SSSR count). The Morgan fingerprint density at radius 1 is 1.15 bits per heavy atom. The number of carbonyl (C=O) groups is 2. The third-order valence-corrected chi connectivity index (χ3v) is 2.96. The van der Waals surface area contributed by atoms with Gasteiger partial charge in [0.15, 0.2) is 0 Å². The Bertz CT molecular complexity index is 482. The van der Waals surface area contributed by atoms with Crippen LogP contribution >= 0.6 is 0 Å². The molecule has 0 atom stereocenters. The van der Waals surface area contributed by atoms with E-state index >= 15 is 0 Å². The van der Waals surface area contributed by atoms with Crippen LogP contribution in [0.3, 0.4) is 0 Å². The van der Waals surface area contributed by atoms with Crippen LogP contribution in [-0.4, -0.2) is 37.3 Å². The first-order valence-electron chi connectivity index (χ1n) is 6.24. The number of ether oxygens (including phenoxy) is 2. The van der Waals surface area contributed by atoms with Crippen molar-refractivity contribution in [2.45, 2.75) is 25.3 Å². The molecule has 0 saturated heterocycles. The Kier molecular flexibility index (Phi) is 5.99. The molecule has 0 unspecified atom stereocenters. The summed E-state index contributed by atoms with van der Waals surface area (Å²) >= 11 is 0. The predicted molar refractivity (Wildman–Crippen MR) is 72.6 cm³/mol. The summed E-state index contributed by atoms with van der Waals surface area (Å²) in [6.07, 6.45) is 3.89. The highest BCUT2D eigenvalue weighted by Crippen LogP contribution is 2.18. The predicted octanol–water partition coefficient (Wildman–Crippen LogP) is 1.46. The van der Waals surface area contributed by atoms with Crippen LogP contribution in [0, 0.1) is 0 Å². The van der Waals surface area contributed by atoms with Gasteiger partial charge < -0.3 is 20.3 Å². The van der Waals surface area contributed by atoms with E-state index < -0.39 is 11.9 Å². The zero-order valence-corrected chi connectivity index (χ0v) is 11.6. The maximum atomic E-state index is 11.3. The minimum atomic E-state index is -0.702. The molecule has 0 aliphatic heterocycles. The van der Waals surface area contributed by atoms with E-state index in [9.17, 15) is 14.7 Å². The summed E-state index contributed by atoms with van der Waals surface area (Å²) in [6.45, 7) is 0. The highest BCUT2D eigenvalue weighted by Gasteiger charge is 2.18. The largest absolute Gasteiger partial charge is 0.508 e. The molecule has 20 heavy (non-hydrogen) atoms. The number of nitrogens with two attached hydrogens (primary N) is 1. The molecule has 0 radical (unpaired) electrons. The van der Waals surface area contributed by atoms with Crippen LogP contribution in [0.5, 0.6) is 5.75 Å². The average Bonchev–Trinajstić information content (AvgIpc) is 2.44. The van der Waals surface area contributed by atoms with Gasteiger partial charge in [0, 0.05) is 6.04 Å². The van der Waals surface area contributed by atoms with Crippen molar-refractivity contribution in [1.82, 2.24) is 0 Å². The van der Waals surface area contributed by atoms with Crippen LogP contribution < -0.4 is 5.73 Å². The number of hydrogen-bond acceptors (Lipinski definition) is 6. The van der Waals surface area contributed by atoms with Crippen molar-refractivity contribution in [2.75, 3.05) is 14.2 Å². The Hall–Kier alpha value is -2.08. The van der Waals surface area contributed by atoms with Crippen molar-refractivity contribution >= 4 is 11.9 Å². The molecule has 3 N–H and O–H groups in total. The van der Waals surface area contributed by atoms with Crippen LogP contribution in [0.2, 0.25) is 0 Å². The number of rotatable bonds is 2. The maximum Gasteiger partial charge on any atom is 0.338 e. The van der Waals surface area contributed by atoms with Crippen LogP contribution in [0.15, 0.2) is 18.2 Å². The number of aromatic hydroxyl groups is 1. The number of phenols is 1. The van der Waals surface area contributed by atoms with Gasteiger partial charge in [-0.3, -0.25) is 0 Å². The second-order valence-corrected chi connectivity index (χ2v) is 4.40. The lowest BCUT2D eigenvalue weighted by atomic mass is 9.95. The van der Waals surface area contributed by atoms with Crippen LogP contribution in [-0.2, 0) is 9.47 Å². The quantitative estimate of drug-likeness (QED) is 0.796. The zero-order valence-electron chi connectivity index (χ0n) is 11.6. The summed E-state index contributed by atoms with van der Waals surface area (Å²) in [6, 6.07) is 4.31. The number of hydrogen-bond donors (Lipinski definition) is 2. The van der Waals surface area contributed by atoms with Gasteiger partial charge in [-0.2, -0.15) is 0 Å². The Labute approximate surface area is 117 Å². The van der Waals surface area contributed by atoms with Crippen molar-refractivity contribution in [3.63, 3.8) is 0 Å². The molecular weight excluding hydrogens is 262 g/mol. The summed E-state index contributed by atoms with van der Waals surface area (Å²) < 4.78 is 8.95. The van der Waals surface area contributed by atoms with Gasteiger partial charge in [0.2, 0.25) is 0 Å². The molecule has 1 saturated carbocycles.